The van der Waals surface area contributed by atoms with E-state index in [2.05, 4.69) is 15.9 Å². The molecule has 4 rings (SSSR count). The van der Waals surface area contributed by atoms with Crippen molar-refractivity contribution in [2.24, 2.45) is 0 Å². The number of amides is 2. The maximum Gasteiger partial charge on any atom is 0.293 e. The first-order valence-corrected chi connectivity index (χ1v) is 10.2. The number of rotatable bonds is 5. The minimum absolute atomic E-state index is 0.169. The predicted molar refractivity (Wildman–Crippen MR) is 110 cm³/mol. The predicted octanol–water partition coefficient (Wildman–Crippen LogP) is 4.60. The number of hydrogen-bond donors (Lipinski definition) is 0. The van der Waals surface area contributed by atoms with Crippen LogP contribution in [0.1, 0.15) is 11.1 Å². The lowest BCUT2D eigenvalue weighted by atomic mass is 10.2. The van der Waals surface area contributed by atoms with Gasteiger partial charge in [-0.25, -0.2) is 0 Å². The van der Waals surface area contributed by atoms with Crippen LogP contribution in [0, 0.1) is 6.92 Å². The van der Waals surface area contributed by atoms with E-state index in [1.54, 1.807) is 18.2 Å². The molecule has 0 unspecified atom stereocenters. The molecule has 0 aliphatic carbocycles. The molecule has 0 N–H and O–H groups in total. The largest absolute Gasteiger partial charge is 0.492 e. The number of carbonyl (C=O) groups excluding carboxylic acids is 2. The highest BCUT2D eigenvalue weighted by Gasteiger charge is 2.35. The van der Waals surface area contributed by atoms with Crippen LogP contribution in [0.3, 0.4) is 0 Å². The average Bonchev–Trinajstić information content (AvgIpc) is 3.22. The third kappa shape index (κ3) is 3.88. The van der Waals surface area contributed by atoms with E-state index in [0.29, 0.717) is 22.2 Å². The van der Waals surface area contributed by atoms with E-state index in [9.17, 15) is 9.59 Å². The minimum Gasteiger partial charge on any atom is -0.492 e. The number of thioether (sulfide) groups is 1. The summed E-state index contributed by atoms with van der Waals surface area (Å²) in [5.41, 5.74) is 1.88. The highest BCUT2D eigenvalue weighted by atomic mass is 79.9. The number of nitrogens with zero attached hydrogens (tertiary/aromatic N) is 1. The monoisotopic (exact) mass is 461 g/mol. The van der Waals surface area contributed by atoms with Gasteiger partial charge in [-0.2, -0.15) is 0 Å². The van der Waals surface area contributed by atoms with Crippen LogP contribution in [0.2, 0.25) is 0 Å². The van der Waals surface area contributed by atoms with Gasteiger partial charge in [0.15, 0.2) is 11.5 Å². The van der Waals surface area contributed by atoms with Gasteiger partial charge in [0.1, 0.15) is 12.4 Å². The molecule has 2 aromatic rings. The second-order valence-electron chi connectivity index (χ2n) is 6.22. The molecule has 0 radical (unpaired) electrons. The third-order valence-corrected chi connectivity index (χ3v) is 5.85. The van der Waals surface area contributed by atoms with Crippen molar-refractivity contribution in [3.63, 3.8) is 0 Å². The molecule has 0 spiro atoms. The second-order valence-corrected chi connectivity index (χ2v) is 8.07. The fourth-order valence-electron chi connectivity index (χ4n) is 2.77. The first-order chi connectivity index (χ1) is 13.5. The lowest BCUT2D eigenvalue weighted by Gasteiger charge is -2.13. The molecule has 1 saturated heterocycles. The Morgan fingerprint density at radius 2 is 1.89 bits per heavy atom. The molecule has 144 valence electrons. The van der Waals surface area contributed by atoms with Gasteiger partial charge in [0.2, 0.25) is 6.79 Å². The number of hydrogen-bond acceptors (Lipinski definition) is 6. The van der Waals surface area contributed by atoms with E-state index in [1.807, 2.05) is 31.2 Å². The van der Waals surface area contributed by atoms with Crippen molar-refractivity contribution in [2.75, 3.05) is 19.9 Å². The first-order valence-electron chi connectivity index (χ1n) is 8.55. The molecular formula is C20H16BrNO5S. The summed E-state index contributed by atoms with van der Waals surface area (Å²) in [6, 6.07) is 11.2. The van der Waals surface area contributed by atoms with E-state index in [0.717, 1.165) is 27.4 Å². The Hall–Kier alpha value is -2.45. The molecule has 6 nitrogen and oxygen atoms in total. The summed E-state index contributed by atoms with van der Waals surface area (Å²) in [5.74, 6) is 1.63. The first kappa shape index (κ1) is 18.9. The molecule has 2 aliphatic rings. The van der Waals surface area contributed by atoms with Crippen LogP contribution in [-0.4, -0.2) is 36.0 Å². The Morgan fingerprint density at radius 3 is 2.64 bits per heavy atom. The van der Waals surface area contributed by atoms with Gasteiger partial charge < -0.3 is 14.2 Å². The summed E-state index contributed by atoms with van der Waals surface area (Å²) in [4.78, 5) is 26.5. The Morgan fingerprint density at radius 1 is 1.18 bits per heavy atom. The van der Waals surface area contributed by atoms with Crippen LogP contribution >= 0.6 is 27.7 Å². The summed E-state index contributed by atoms with van der Waals surface area (Å²) in [5, 5.41) is -0.305. The van der Waals surface area contributed by atoms with Crippen molar-refractivity contribution in [3.05, 3.63) is 56.9 Å². The van der Waals surface area contributed by atoms with Gasteiger partial charge in [0.25, 0.3) is 11.1 Å². The highest BCUT2D eigenvalue weighted by molar-refractivity contribution is 9.10. The van der Waals surface area contributed by atoms with E-state index < -0.39 is 0 Å². The lowest BCUT2D eigenvalue weighted by Crippen LogP contribution is -2.32. The normalized spacial score (nSPS) is 16.9. The maximum absolute atomic E-state index is 12.6. The zero-order chi connectivity index (χ0) is 19.7. The van der Waals surface area contributed by atoms with Crippen LogP contribution < -0.4 is 14.2 Å². The Bertz CT molecular complexity index is 973. The van der Waals surface area contributed by atoms with Gasteiger partial charge in [0, 0.05) is 4.47 Å². The standard InChI is InChI=1S/C20H16BrNO5S/c1-12-2-4-14(5-3-12)25-7-6-22-19(23)18(28-20(22)24)9-13-8-16-17(10-15(13)21)27-11-26-16/h2-5,8-10H,6-7,11H2,1H3/b18-9-. The van der Waals surface area contributed by atoms with Crippen molar-refractivity contribution >= 4 is 44.9 Å². The fraction of sp³-hybridized carbons (Fsp3) is 0.200. The molecule has 0 saturated carbocycles. The van der Waals surface area contributed by atoms with Gasteiger partial charge in [-0.15, -0.1) is 0 Å². The molecule has 2 amide bonds. The zero-order valence-corrected chi connectivity index (χ0v) is 17.3. The number of carbonyl (C=O) groups is 2. The molecule has 8 heteroatoms. The SMILES string of the molecule is Cc1ccc(OCCN2C(=O)S/C(=C\c3cc4c(cc3Br)OCO4)C2=O)cc1. The van der Waals surface area contributed by atoms with Crippen molar-refractivity contribution in [1.82, 2.24) is 4.90 Å². The van der Waals surface area contributed by atoms with Gasteiger partial charge in [-0.3, -0.25) is 14.5 Å². The maximum atomic E-state index is 12.6. The molecule has 28 heavy (non-hydrogen) atoms. The summed E-state index contributed by atoms with van der Waals surface area (Å²) < 4.78 is 17.1. The van der Waals surface area contributed by atoms with Crippen LogP contribution in [0.25, 0.3) is 6.08 Å². The number of ether oxygens (including phenoxy) is 3. The Labute approximate surface area is 174 Å². The molecule has 0 atom stereocenters. The quantitative estimate of drug-likeness (QED) is 0.606. The number of halogens is 1. The van der Waals surface area contributed by atoms with Gasteiger partial charge >= 0.3 is 0 Å². The molecule has 2 aromatic carbocycles. The van der Waals surface area contributed by atoms with Gasteiger partial charge in [-0.1, -0.05) is 33.6 Å². The van der Waals surface area contributed by atoms with Crippen molar-refractivity contribution in [3.8, 4) is 17.2 Å². The summed E-state index contributed by atoms with van der Waals surface area (Å²) >= 11 is 4.38. The number of aryl methyl sites for hydroxylation is 1. The molecular weight excluding hydrogens is 446 g/mol. The molecule has 1 fully saturated rings. The van der Waals surface area contributed by atoms with Crippen LogP contribution in [0.4, 0.5) is 4.79 Å². The molecule has 2 aliphatic heterocycles. The number of imide groups is 1. The fourth-order valence-corrected chi connectivity index (χ4v) is 4.06. The lowest BCUT2D eigenvalue weighted by molar-refractivity contribution is -0.123. The zero-order valence-electron chi connectivity index (χ0n) is 14.9. The number of fused-ring (bicyclic) bond motifs is 1. The Kier molecular flexibility index (Phi) is 5.32. The topological polar surface area (TPSA) is 65.1 Å². The summed E-state index contributed by atoms with van der Waals surface area (Å²) in [6.07, 6.45) is 1.68. The smallest absolute Gasteiger partial charge is 0.293 e. The summed E-state index contributed by atoms with van der Waals surface area (Å²) in [6.45, 7) is 2.60. The van der Waals surface area contributed by atoms with E-state index in [-0.39, 0.29) is 31.1 Å². The average molecular weight is 462 g/mol. The van der Waals surface area contributed by atoms with Gasteiger partial charge in [0.05, 0.1) is 11.4 Å². The molecule has 0 aromatic heterocycles. The van der Waals surface area contributed by atoms with E-state index in [1.165, 1.54) is 4.90 Å². The van der Waals surface area contributed by atoms with Crippen LogP contribution in [0.5, 0.6) is 17.2 Å². The highest BCUT2D eigenvalue weighted by Crippen LogP contribution is 2.39. The Balaban J connectivity index is 1.43. The van der Waals surface area contributed by atoms with Crippen molar-refractivity contribution in [2.45, 2.75) is 6.92 Å². The molecule has 0 bridgehead atoms. The van der Waals surface area contributed by atoms with Crippen LogP contribution in [-0.2, 0) is 4.79 Å². The van der Waals surface area contributed by atoms with Crippen molar-refractivity contribution < 1.29 is 23.8 Å². The third-order valence-electron chi connectivity index (χ3n) is 4.26. The van der Waals surface area contributed by atoms with Gasteiger partial charge in [-0.05, 0) is 54.6 Å². The molecule has 2 heterocycles. The van der Waals surface area contributed by atoms with E-state index in [4.69, 9.17) is 14.2 Å². The second kappa shape index (κ2) is 7.89. The summed E-state index contributed by atoms with van der Waals surface area (Å²) in [7, 11) is 0. The van der Waals surface area contributed by atoms with Crippen molar-refractivity contribution in [1.29, 1.82) is 0 Å². The minimum atomic E-state index is -0.327. The number of benzene rings is 2. The van der Waals surface area contributed by atoms with Crippen LogP contribution in [0.15, 0.2) is 45.8 Å². The van der Waals surface area contributed by atoms with E-state index >= 15 is 0 Å².